The zero-order chi connectivity index (χ0) is 20.8. The first-order valence-corrected chi connectivity index (χ1v) is 9.99. The van der Waals surface area contributed by atoms with E-state index >= 15 is 0 Å². The number of nitrogens with one attached hydrogen (secondary N) is 1. The highest BCUT2D eigenvalue weighted by molar-refractivity contribution is 5.93. The second kappa shape index (κ2) is 7.39. The Labute approximate surface area is 168 Å². The van der Waals surface area contributed by atoms with Crippen LogP contribution in [0.2, 0.25) is 0 Å². The predicted octanol–water partition coefficient (Wildman–Crippen LogP) is 5.38. The maximum Gasteiger partial charge on any atom is 0.244 e. The lowest BCUT2D eigenvalue weighted by atomic mass is 9.98. The molecule has 154 valence electrons. The molecule has 0 bridgehead atoms. The van der Waals surface area contributed by atoms with Gasteiger partial charge in [-0.3, -0.25) is 4.79 Å². The highest BCUT2D eigenvalue weighted by Gasteiger charge is 2.52. The van der Waals surface area contributed by atoms with E-state index in [4.69, 9.17) is 0 Å². The van der Waals surface area contributed by atoms with Crippen LogP contribution in [0.15, 0.2) is 30.3 Å². The van der Waals surface area contributed by atoms with Crippen molar-refractivity contribution >= 4 is 17.3 Å². The van der Waals surface area contributed by atoms with Crippen molar-refractivity contribution in [3.63, 3.8) is 0 Å². The van der Waals surface area contributed by atoms with E-state index < -0.39 is 11.8 Å². The van der Waals surface area contributed by atoms with Crippen LogP contribution in [0.1, 0.15) is 41.5 Å². The van der Waals surface area contributed by atoms with Crippen LogP contribution in [0.5, 0.6) is 0 Å². The summed E-state index contributed by atoms with van der Waals surface area (Å²) in [6.45, 7) is 5.33. The zero-order valence-electron chi connectivity index (χ0n) is 16.7. The summed E-state index contributed by atoms with van der Waals surface area (Å²) in [6, 6.07) is 8.95. The van der Waals surface area contributed by atoms with Crippen molar-refractivity contribution in [2.45, 2.75) is 52.5 Å². The molecule has 1 N–H and O–H groups in total. The highest BCUT2D eigenvalue weighted by atomic mass is 19.3. The van der Waals surface area contributed by atoms with Gasteiger partial charge in [-0.2, -0.15) is 0 Å². The number of carbonyl (C=O) groups excluding carboxylic acids is 1. The summed E-state index contributed by atoms with van der Waals surface area (Å²) in [4.78, 5) is 14.6. The van der Waals surface area contributed by atoms with Gasteiger partial charge in [-0.25, -0.2) is 13.2 Å². The molecule has 1 fully saturated rings. The van der Waals surface area contributed by atoms with E-state index in [2.05, 4.69) is 10.2 Å². The molecule has 6 heteroatoms. The molecule has 0 saturated heterocycles. The number of fused-ring (bicyclic) bond motifs is 1. The third-order valence-electron chi connectivity index (χ3n) is 6.20. The van der Waals surface area contributed by atoms with Gasteiger partial charge in [-0.1, -0.05) is 6.07 Å². The summed E-state index contributed by atoms with van der Waals surface area (Å²) in [6.07, 6.45) is -0.984. The quantitative estimate of drug-likeness (QED) is 0.728. The molecule has 0 aromatic heterocycles. The molecule has 4 rings (SSSR count). The number of benzene rings is 2. The molecule has 0 atom stereocenters. The van der Waals surface area contributed by atoms with Gasteiger partial charge in [0.05, 0.1) is 0 Å². The van der Waals surface area contributed by atoms with Gasteiger partial charge in [-0.05, 0) is 79.6 Å². The van der Waals surface area contributed by atoms with Crippen LogP contribution in [0, 0.1) is 25.1 Å². The molecule has 0 unspecified atom stereocenters. The Bertz CT molecular complexity index is 930. The summed E-state index contributed by atoms with van der Waals surface area (Å²) in [5.41, 5.74) is 4.59. The van der Waals surface area contributed by atoms with Crippen LogP contribution in [0.4, 0.5) is 24.5 Å². The average molecular weight is 402 g/mol. The van der Waals surface area contributed by atoms with Crippen molar-refractivity contribution in [2.24, 2.45) is 5.41 Å². The first-order valence-electron chi connectivity index (χ1n) is 9.99. The molecule has 0 radical (unpaired) electrons. The summed E-state index contributed by atoms with van der Waals surface area (Å²) in [5, 5.41) is 2.85. The Kier molecular flexibility index (Phi) is 5.05. The highest BCUT2D eigenvalue weighted by Crippen LogP contribution is 2.53. The summed E-state index contributed by atoms with van der Waals surface area (Å²) < 4.78 is 39.7. The number of hydrogen-bond acceptors (Lipinski definition) is 2. The molecular formula is C23H25F3N2O. The monoisotopic (exact) mass is 402 g/mol. The summed E-state index contributed by atoms with van der Waals surface area (Å²) >= 11 is 0. The van der Waals surface area contributed by atoms with E-state index in [1.165, 1.54) is 6.07 Å². The molecule has 1 saturated carbocycles. The standard InChI is InChI=1S/C23H25F3N2O/c1-14-9-19(28-8-5-16-11-18(24)4-3-17(16)13-28)10-15(2)21(14)27-20(29)12-23(6-7-23)22(25)26/h3-4,9-11,22H,5-8,12-13H2,1-2H3,(H,27,29). The lowest BCUT2D eigenvalue weighted by Gasteiger charge is -2.31. The van der Waals surface area contributed by atoms with E-state index in [0.717, 1.165) is 40.9 Å². The van der Waals surface area contributed by atoms with Crippen LogP contribution in [0.25, 0.3) is 0 Å². The Balaban J connectivity index is 1.49. The van der Waals surface area contributed by atoms with Gasteiger partial charge in [0, 0.05) is 36.3 Å². The number of alkyl halides is 2. The van der Waals surface area contributed by atoms with E-state index in [-0.39, 0.29) is 18.1 Å². The largest absolute Gasteiger partial charge is 0.367 e. The second-order valence-corrected chi connectivity index (χ2v) is 8.43. The maximum atomic E-state index is 13.4. The van der Waals surface area contributed by atoms with Crippen LogP contribution in [-0.4, -0.2) is 18.9 Å². The molecule has 1 aliphatic carbocycles. The van der Waals surface area contributed by atoms with Crippen LogP contribution in [-0.2, 0) is 17.8 Å². The first-order chi connectivity index (χ1) is 13.8. The predicted molar refractivity (Wildman–Crippen MR) is 108 cm³/mol. The zero-order valence-corrected chi connectivity index (χ0v) is 16.7. The molecular weight excluding hydrogens is 377 g/mol. The molecule has 2 aromatic rings. The van der Waals surface area contributed by atoms with E-state index in [1.807, 2.05) is 32.0 Å². The van der Waals surface area contributed by atoms with Crippen molar-refractivity contribution in [3.05, 3.63) is 58.4 Å². The molecule has 1 aliphatic heterocycles. The number of halogens is 3. The number of anilines is 2. The van der Waals surface area contributed by atoms with E-state index in [1.54, 1.807) is 6.07 Å². The lowest BCUT2D eigenvalue weighted by Crippen LogP contribution is -2.30. The molecule has 1 heterocycles. The third kappa shape index (κ3) is 3.98. The van der Waals surface area contributed by atoms with E-state index in [9.17, 15) is 18.0 Å². The van der Waals surface area contributed by atoms with Gasteiger partial charge >= 0.3 is 0 Å². The first kappa shape index (κ1) is 19.8. The van der Waals surface area contributed by atoms with Gasteiger partial charge in [0.15, 0.2) is 0 Å². The van der Waals surface area contributed by atoms with Crippen LogP contribution >= 0.6 is 0 Å². The number of hydrogen-bond donors (Lipinski definition) is 1. The molecule has 29 heavy (non-hydrogen) atoms. The average Bonchev–Trinajstić information content (AvgIpc) is 3.45. The Morgan fingerprint density at radius 1 is 1.14 bits per heavy atom. The Morgan fingerprint density at radius 2 is 1.83 bits per heavy atom. The second-order valence-electron chi connectivity index (χ2n) is 8.43. The minimum Gasteiger partial charge on any atom is -0.367 e. The number of amides is 1. The van der Waals surface area contributed by atoms with Gasteiger partial charge < -0.3 is 10.2 Å². The van der Waals surface area contributed by atoms with E-state index in [0.29, 0.717) is 25.1 Å². The molecule has 1 amide bonds. The fourth-order valence-corrected chi connectivity index (χ4v) is 4.20. The van der Waals surface area contributed by atoms with Crippen molar-refractivity contribution in [1.29, 1.82) is 0 Å². The fraction of sp³-hybridized carbons (Fsp3) is 0.435. The van der Waals surface area contributed by atoms with Gasteiger partial charge in [-0.15, -0.1) is 0 Å². The number of aryl methyl sites for hydroxylation is 2. The lowest BCUT2D eigenvalue weighted by molar-refractivity contribution is -0.119. The van der Waals surface area contributed by atoms with Crippen LogP contribution < -0.4 is 10.2 Å². The molecule has 0 spiro atoms. The third-order valence-corrected chi connectivity index (χ3v) is 6.20. The number of rotatable bonds is 5. The molecule has 2 aliphatic rings. The summed E-state index contributed by atoms with van der Waals surface area (Å²) in [7, 11) is 0. The van der Waals surface area contributed by atoms with Gasteiger partial charge in [0.1, 0.15) is 5.82 Å². The topological polar surface area (TPSA) is 32.3 Å². The van der Waals surface area contributed by atoms with Crippen molar-refractivity contribution < 1.29 is 18.0 Å². The normalized spacial score (nSPS) is 17.2. The Morgan fingerprint density at radius 3 is 2.45 bits per heavy atom. The minimum absolute atomic E-state index is 0.134. The number of nitrogens with zero attached hydrogens (tertiary/aromatic N) is 1. The molecule has 2 aromatic carbocycles. The Hall–Kier alpha value is -2.50. The van der Waals surface area contributed by atoms with Crippen molar-refractivity contribution in [2.75, 3.05) is 16.8 Å². The van der Waals surface area contributed by atoms with Crippen LogP contribution in [0.3, 0.4) is 0 Å². The van der Waals surface area contributed by atoms with Gasteiger partial charge in [0.2, 0.25) is 12.3 Å². The maximum absolute atomic E-state index is 13.4. The SMILES string of the molecule is Cc1cc(N2CCc3cc(F)ccc3C2)cc(C)c1NC(=O)CC1(C(F)F)CC1. The number of carbonyl (C=O) groups is 1. The fourth-order valence-electron chi connectivity index (χ4n) is 4.20. The van der Waals surface area contributed by atoms with Crippen molar-refractivity contribution in [1.82, 2.24) is 0 Å². The van der Waals surface area contributed by atoms with Crippen molar-refractivity contribution in [3.8, 4) is 0 Å². The smallest absolute Gasteiger partial charge is 0.244 e. The minimum atomic E-state index is -2.45. The molecule has 3 nitrogen and oxygen atoms in total. The summed E-state index contributed by atoms with van der Waals surface area (Å²) in [5.74, 6) is -0.556. The van der Waals surface area contributed by atoms with Gasteiger partial charge in [0.25, 0.3) is 0 Å².